The molecule has 0 bridgehead atoms. The quantitative estimate of drug-likeness (QED) is 0.179. The number of ketones is 1. The summed E-state index contributed by atoms with van der Waals surface area (Å²) in [4.78, 5) is 24.7. The van der Waals surface area contributed by atoms with Gasteiger partial charge in [0.15, 0.2) is 29.4 Å². The molecule has 0 aromatic rings. The molecule has 0 aliphatic carbocycles. The average Bonchev–Trinajstić information content (AvgIpc) is 3.71. The third-order valence-electron chi connectivity index (χ3n) is 15.8. The Hall–Kier alpha value is -0.560. The second-order valence-electron chi connectivity index (χ2n) is 20.6. The van der Waals surface area contributed by atoms with Crippen molar-refractivity contribution in [3.63, 3.8) is 0 Å². The van der Waals surface area contributed by atoms with E-state index in [9.17, 15) is 30.0 Å². The molecule has 6 heterocycles. The predicted octanol–water partition coefficient (Wildman–Crippen LogP) is 1.82. The number of carbonyl (C=O) groups excluding carboxylic acids is 2. The summed E-state index contributed by atoms with van der Waals surface area (Å²) in [6, 6.07) is 0. The van der Waals surface area contributed by atoms with Crippen molar-refractivity contribution in [2.24, 2.45) is 47.3 Å². The number of hydrogen-bond acceptors (Lipinski definition) is 14. The number of rotatable bonds is 13. The first kappa shape index (κ1) is 52.4. The van der Waals surface area contributed by atoms with E-state index in [0.717, 1.165) is 6.42 Å². The Morgan fingerprint density at radius 1 is 0.919 bits per heavy atom. The van der Waals surface area contributed by atoms with Crippen molar-refractivity contribution in [1.29, 1.82) is 0 Å². The Bertz CT molecular complexity index is 1580. The van der Waals surface area contributed by atoms with Gasteiger partial charge in [0.2, 0.25) is 0 Å². The van der Waals surface area contributed by atoms with Crippen LogP contribution in [0.3, 0.4) is 0 Å². The van der Waals surface area contributed by atoms with Gasteiger partial charge in [-0.1, -0.05) is 61.5 Å². The van der Waals surface area contributed by atoms with Crippen LogP contribution in [0, 0.1) is 47.3 Å². The van der Waals surface area contributed by atoms with Crippen molar-refractivity contribution in [1.82, 2.24) is 0 Å². The Kier molecular flexibility index (Phi) is 17.2. The predicted molar refractivity (Wildman–Crippen MR) is 221 cm³/mol. The minimum absolute atomic E-state index is 0. The Morgan fingerprint density at radius 2 is 1.61 bits per heavy atom. The summed E-state index contributed by atoms with van der Waals surface area (Å²) in [5.74, 6) is -7.48. The number of carboxylic acids is 1. The van der Waals surface area contributed by atoms with Crippen LogP contribution in [0.25, 0.3) is 0 Å². The molecular formula is C47H77NaO14. The number of hydrogen-bond donors (Lipinski definition) is 3. The second-order valence-corrected chi connectivity index (χ2v) is 20.6. The van der Waals surface area contributed by atoms with Crippen LogP contribution in [0.2, 0.25) is 0 Å². The van der Waals surface area contributed by atoms with Crippen molar-refractivity contribution in [2.75, 3.05) is 13.7 Å². The largest absolute Gasteiger partial charge is 1.00 e. The molecule has 0 amide bonds. The molecule has 0 aromatic carbocycles. The van der Waals surface area contributed by atoms with Gasteiger partial charge in [-0.25, -0.2) is 0 Å². The van der Waals surface area contributed by atoms with E-state index < -0.39 is 84.2 Å². The summed E-state index contributed by atoms with van der Waals surface area (Å²) in [6.45, 7) is 20.7. The van der Waals surface area contributed by atoms with Crippen molar-refractivity contribution in [2.45, 2.75) is 212 Å². The average molecular weight is 889 g/mol. The third kappa shape index (κ3) is 10.4. The van der Waals surface area contributed by atoms with Crippen molar-refractivity contribution < 1.29 is 97.5 Å². The van der Waals surface area contributed by atoms with E-state index in [2.05, 4.69) is 20.8 Å². The van der Waals surface area contributed by atoms with Gasteiger partial charge in [-0.15, -0.1) is 0 Å². The molecule has 0 radical (unpaired) electrons. The summed E-state index contributed by atoms with van der Waals surface area (Å²) in [5.41, 5.74) is -0.352. The maximum Gasteiger partial charge on any atom is 1.00 e. The van der Waals surface area contributed by atoms with Gasteiger partial charge in [-0.05, 0) is 70.3 Å². The molecule has 1 unspecified atom stereocenters. The van der Waals surface area contributed by atoms with Crippen LogP contribution < -0.4 is 34.7 Å². The van der Waals surface area contributed by atoms with Gasteiger partial charge in [0, 0.05) is 74.3 Å². The first-order valence-corrected chi connectivity index (χ1v) is 23.2. The molecule has 6 aliphatic rings. The first-order chi connectivity index (χ1) is 28.5. The van der Waals surface area contributed by atoms with E-state index in [1.165, 1.54) is 0 Å². The molecule has 2 spiro atoms. The molecule has 6 saturated heterocycles. The number of carboxylic acid groups (broad SMARTS) is 1. The fourth-order valence-corrected chi connectivity index (χ4v) is 11.8. The number of aliphatic hydroxyl groups excluding tert-OH is 2. The van der Waals surface area contributed by atoms with Crippen molar-refractivity contribution in [3.8, 4) is 0 Å². The molecule has 0 aromatic heterocycles. The molecule has 6 fully saturated rings. The van der Waals surface area contributed by atoms with Crippen LogP contribution in [-0.4, -0.2) is 119 Å². The van der Waals surface area contributed by atoms with E-state index in [0.29, 0.717) is 44.1 Å². The van der Waals surface area contributed by atoms with Gasteiger partial charge in [-0.2, -0.15) is 0 Å². The fraction of sp³-hybridized carbons (Fsp3) is 0.915. The number of Topliss-reactive ketones (excluding diaryl/α,β-unsaturated/α-hetero) is 1. The summed E-state index contributed by atoms with van der Waals surface area (Å²) >= 11 is 0. The monoisotopic (exact) mass is 889 g/mol. The Balaban J connectivity index is 0.00000726. The Labute approximate surface area is 392 Å². The van der Waals surface area contributed by atoms with Crippen LogP contribution in [0.1, 0.15) is 134 Å². The summed E-state index contributed by atoms with van der Waals surface area (Å²) in [6.07, 6.45) is 3.10. The topological polar surface area (TPSA) is 192 Å². The Morgan fingerprint density at radius 3 is 2.24 bits per heavy atom. The molecule has 21 atom stereocenters. The number of aliphatic hydroxyl groups is 3. The standard InChI is InChI=1S/C47H78O14.Na/c1-24(40(50)25(2)18-28(5)43(51)52)17-26(3)41-31(8)34(49)22-45(59-41)16-15-44(11,61-45)38-21-36(56-39-14-13-35(54-12)33(10)55-39)32(9)47(58-38)30(7)20-37(57-47)42-27(4)19-29(6)46(53,23-48)60-42;/h17,25-39,41-42,48-49,53H,13-16,18-23H2,1-12H3,(H,51,52);/q;+1/p-1/b24-17+;/t25-,26+,27+,28+,29-,30+,31-,32-,33-,34+,35+,36?,37-,38-,39-,41-,42+,44+,45-,46+,47+;/m1./s1. The number of methoxy groups -OCH3 is 1. The van der Waals surface area contributed by atoms with E-state index in [-0.39, 0.29) is 102 Å². The molecule has 14 nitrogen and oxygen atoms in total. The maximum absolute atomic E-state index is 13.3. The SMILES string of the molecule is CO[C@H]1CC[C@@H](OC2C[C@H]([C@]3(C)CC[C@]4(C[C@H](O)[C@@H](C)[C@@H]([C@@H](C)/C=C(\C)C(=O)[C@H](C)C[C@H](C)C(=O)[O-])O4)O3)O[C@]3(O[C@@H]([C@H]4O[C@@](O)(CO)[C@H](C)C[C@@H]4C)C[C@@H]3C)[C@@H]2C)O[C@@H]1C.[Na+]. The smallest absolute Gasteiger partial charge is 0.550 e. The molecule has 6 aliphatic heterocycles. The maximum atomic E-state index is 13.3. The third-order valence-corrected chi connectivity index (χ3v) is 15.8. The van der Waals surface area contributed by atoms with Crippen LogP contribution >= 0.6 is 0 Å². The number of aliphatic carboxylic acids is 1. The molecule has 6 rings (SSSR count). The molecular weight excluding hydrogens is 811 g/mol. The van der Waals surface area contributed by atoms with Crippen LogP contribution in [-0.2, 0) is 47.5 Å². The second kappa shape index (κ2) is 20.3. The number of ether oxygens (including phenoxy) is 8. The van der Waals surface area contributed by atoms with Crippen LogP contribution in [0.15, 0.2) is 11.6 Å². The van der Waals surface area contributed by atoms with Crippen LogP contribution in [0.4, 0.5) is 0 Å². The molecule has 350 valence electrons. The van der Waals surface area contributed by atoms with E-state index in [4.69, 9.17) is 37.9 Å². The zero-order valence-corrected chi connectivity index (χ0v) is 41.8. The zero-order chi connectivity index (χ0) is 45.0. The number of carbonyl (C=O) groups is 2. The molecule has 0 saturated carbocycles. The molecule has 15 heteroatoms. The first-order valence-electron chi connectivity index (χ1n) is 23.2. The number of allylic oxidation sites excluding steroid dienone is 1. The van der Waals surface area contributed by atoms with Gasteiger partial charge < -0.3 is 63.1 Å². The van der Waals surface area contributed by atoms with E-state index in [1.807, 2.05) is 40.7 Å². The van der Waals surface area contributed by atoms with Gasteiger partial charge in [0.05, 0.1) is 61.0 Å². The minimum Gasteiger partial charge on any atom is -0.550 e. The van der Waals surface area contributed by atoms with Gasteiger partial charge in [-0.3, -0.25) is 4.79 Å². The van der Waals surface area contributed by atoms with Crippen LogP contribution in [0.5, 0.6) is 0 Å². The van der Waals surface area contributed by atoms with Gasteiger partial charge >= 0.3 is 29.6 Å². The van der Waals surface area contributed by atoms with Gasteiger partial charge in [0.25, 0.3) is 0 Å². The van der Waals surface area contributed by atoms with E-state index >= 15 is 0 Å². The van der Waals surface area contributed by atoms with Gasteiger partial charge in [0.1, 0.15) is 0 Å². The molecule has 62 heavy (non-hydrogen) atoms. The normalized spacial score (nSPS) is 47.8. The molecule has 3 N–H and O–H groups in total. The van der Waals surface area contributed by atoms with Crippen molar-refractivity contribution >= 4 is 11.8 Å². The minimum atomic E-state index is -1.67. The van der Waals surface area contributed by atoms with Crippen molar-refractivity contribution in [3.05, 3.63) is 11.6 Å². The fourth-order valence-electron chi connectivity index (χ4n) is 11.8. The van der Waals surface area contributed by atoms with E-state index in [1.54, 1.807) is 27.9 Å². The zero-order valence-electron chi connectivity index (χ0n) is 39.8. The summed E-state index contributed by atoms with van der Waals surface area (Å²) in [7, 11) is 1.70. The summed E-state index contributed by atoms with van der Waals surface area (Å²) in [5, 5.41) is 44.4. The summed E-state index contributed by atoms with van der Waals surface area (Å²) < 4.78 is 53.9.